The van der Waals surface area contributed by atoms with Crippen molar-refractivity contribution in [2.45, 2.75) is 18.8 Å². The molecule has 3 aromatic rings. The average molecular weight is 369 g/mol. The Labute approximate surface area is 155 Å². The summed E-state index contributed by atoms with van der Waals surface area (Å²) in [5.74, 6) is 1.96. The Balaban J connectivity index is 1.35. The third-order valence-electron chi connectivity index (χ3n) is 4.57. The molecule has 1 aliphatic heterocycles. The first-order valence-electron chi connectivity index (χ1n) is 8.49. The maximum atomic E-state index is 12.5. The molecule has 0 spiro atoms. The summed E-state index contributed by atoms with van der Waals surface area (Å²) >= 11 is 1.20. The molecular weight excluding hydrogens is 350 g/mol. The van der Waals surface area contributed by atoms with Crippen LogP contribution in [0.4, 0.5) is 9.93 Å². The average Bonchev–Trinajstić information content (AvgIpc) is 3.32. The van der Waals surface area contributed by atoms with Gasteiger partial charge in [0.2, 0.25) is 5.13 Å². The van der Waals surface area contributed by atoms with Gasteiger partial charge in [-0.3, -0.25) is 5.32 Å². The number of anilines is 1. The molecule has 0 radical (unpaired) electrons. The predicted molar refractivity (Wildman–Crippen MR) is 98.9 cm³/mol. The number of benzene rings is 1. The van der Waals surface area contributed by atoms with Gasteiger partial charge in [-0.15, -0.1) is 10.2 Å². The Morgan fingerprint density at radius 1 is 1.23 bits per heavy atom. The first-order chi connectivity index (χ1) is 12.7. The van der Waals surface area contributed by atoms with Gasteiger partial charge >= 0.3 is 6.03 Å². The highest BCUT2D eigenvalue weighted by atomic mass is 32.1. The van der Waals surface area contributed by atoms with Gasteiger partial charge in [-0.05, 0) is 12.8 Å². The second-order valence-electron chi connectivity index (χ2n) is 6.28. The first-order valence-corrected chi connectivity index (χ1v) is 9.27. The summed E-state index contributed by atoms with van der Waals surface area (Å²) in [5, 5.41) is 11.5. The van der Waals surface area contributed by atoms with Gasteiger partial charge < -0.3 is 9.47 Å². The normalized spacial score (nSPS) is 15.2. The number of piperidine rings is 1. The Hall–Kier alpha value is -2.81. The lowest BCUT2D eigenvalue weighted by molar-refractivity contribution is 0.193. The SMILES string of the molecule is Cn1cnnc1C1CCN(C(=O)Nc2nc(-c3ccccc3)ns2)CC1. The standard InChI is InChI=1S/C17H19N7OS/c1-23-11-18-21-15(23)13-7-9-24(10-8-13)17(25)20-16-19-14(22-26-16)12-5-3-2-4-6-12/h2-6,11,13H,7-10H2,1H3,(H,19,20,22,25). The third-order valence-corrected chi connectivity index (χ3v) is 5.20. The molecule has 0 unspecified atom stereocenters. The Bertz CT molecular complexity index is 883. The summed E-state index contributed by atoms with van der Waals surface area (Å²) in [4.78, 5) is 18.7. The molecule has 1 saturated heterocycles. The number of amides is 2. The van der Waals surface area contributed by atoms with Crippen molar-refractivity contribution in [3.63, 3.8) is 0 Å². The number of rotatable bonds is 3. The van der Waals surface area contributed by atoms with Gasteiger partial charge in [-0.25, -0.2) is 4.79 Å². The van der Waals surface area contributed by atoms with Gasteiger partial charge in [-0.1, -0.05) is 30.3 Å². The van der Waals surface area contributed by atoms with Crippen LogP contribution in [-0.4, -0.2) is 48.1 Å². The minimum atomic E-state index is -0.128. The number of carbonyl (C=O) groups excluding carboxylic acids is 1. The molecule has 8 nitrogen and oxygen atoms in total. The molecule has 26 heavy (non-hydrogen) atoms. The van der Waals surface area contributed by atoms with Crippen LogP contribution in [0.5, 0.6) is 0 Å². The highest BCUT2D eigenvalue weighted by Gasteiger charge is 2.26. The number of urea groups is 1. The lowest BCUT2D eigenvalue weighted by Crippen LogP contribution is -2.40. The van der Waals surface area contributed by atoms with Crippen molar-refractivity contribution in [3.05, 3.63) is 42.5 Å². The molecular formula is C17H19N7OS. The van der Waals surface area contributed by atoms with Gasteiger partial charge in [0.05, 0.1) is 0 Å². The number of hydrogen-bond donors (Lipinski definition) is 1. The van der Waals surface area contributed by atoms with Crippen LogP contribution >= 0.6 is 11.5 Å². The van der Waals surface area contributed by atoms with Gasteiger partial charge in [0.1, 0.15) is 12.2 Å². The number of hydrogen-bond acceptors (Lipinski definition) is 6. The van der Waals surface area contributed by atoms with Crippen LogP contribution in [0.2, 0.25) is 0 Å². The lowest BCUT2D eigenvalue weighted by atomic mass is 9.96. The monoisotopic (exact) mass is 369 g/mol. The highest BCUT2D eigenvalue weighted by molar-refractivity contribution is 7.10. The molecule has 9 heteroatoms. The van der Waals surface area contributed by atoms with Gasteiger partial charge in [0, 0.05) is 43.2 Å². The molecule has 0 bridgehead atoms. The molecule has 4 rings (SSSR count). The minimum absolute atomic E-state index is 0.128. The zero-order valence-electron chi connectivity index (χ0n) is 14.4. The summed E-state index contributed by atoms with van der Waals surface area (Å²) < 4.78 is 6.27. The molecule has 0 saturated carbocycles. The van der Waals surface area contributed by atoms with Crippen molar-refractivity contribution >= 4 is 22.7 Å². The second-order valence-corrected chi connectivity index (χ2v) is 7.03. The summed E-state index contributed by atoms with van der Waals surface area (Å²) in [6.45, 7) is 1.38. The minimum Gasteiger partial charge on any atom is -0.324 e. The number of nitrogens with zero attached hydrogens (tertiary/aromatic N) is 6. The molecule has 0 atom stereocenters. The fourth-order valence-electron chi connectivity index (χ4n) is 3.15. The zero-order valence-corrected chi connectivity index (χ0v) is 15.2. The van der Waals surface area contributed by atoms with Crippen LogP contribution < -0.4 is 5.32 Å². The molecule has 0 aliphatic carbocycles. The van der Waals surface area contributed by atoms with E-state index in [1.807, 2.05) is 46.8 Å². The largest absolute Gasteiger partial charge is 0.324 e. The number of nitrogens with one attached hydrogen (secondary N) is 1. The van der Waals surface area contributed by atoms with E-state index >= 15 is 0 Å². The summed E-state index contributed by atoms with van der Waals surface area (Å²) in [6, 6.07) is 9.60. The fourth-order valence-corrected chi connectivity index (χ4v) is 3.73. The Morgan fingerprint density at radius 3 is 2.69 bits per heavy atom. The van der Waals surface area contributed by atoms with E-state index < -0.39 is 0 Å². The van der Waals surface area contributed by atoms with Crippen LogP contribution in [0, 0.1) is 0 Å². The molecule has 1 fully saturated rings. The van der Waals surface area contributed by atoms with Gasteiger partial charge in [-0.2, -0.15) is 9.36 Å². The maximum absolute atomic E-state index is 12.5. The Morgan fingerprint density at radius 2 is 2.00 bits per heavy atom. The number of carbonyl (C=O) groups is 1. The molecule has 1 N–H and O–H groups in total. The maximum Gasteiger partial charge on any atom is 0.323 e. The molecule has 3 heterocycles. The van der Waals surface area contributed by atoms with Crippen molar-refractivity contribution in [2.24, 2.45) is 7.05 Å². The van der Waals surface area contributed by atoms with E-state index in [1.54, 1.807) is 6.33 Å². The summed E-state index contributed by atoms with van der Waals surface area (Å²) in [7, 11) is 1.95. The van der Waals surface area contributed by atoms with E-state index in [9.17, 15) is 4.79 Å². The number of aryl methyl sites for hydroxylation is 1. The van der Waals surface area contributed by atoms with E-state index in [2.05, 4.69) is 24.9 Å². The molecule has 2 amide bonds. The third kappa shape index (κ3) is 3.43. The lowest BCUT2D eigenvalue weighted by Gasteiger charge is -2.31. The van der Waals surface area contributed by atoms with Gasteiger partial charge in [0.25, 0.3) is 0 Å². The van der Waals surface area contributed by atoms with Gasteiger partial charge in [0.15, 0.2) is 5.82 Å². The number of aromatic nitrogens is 5. The molecule has 2 aromatic heterocycles. The van der Waals surface area contributed by atoms with Crippen LogP contribution in [0.1, 0.15) is 24.6 Å². The van der Waals surface area contributed by atoms with Crippen molar-refractivity contribution in [3.8, 4) is 11.4 Å². The molecule has 1 aliphatic rings. The van der Waals surface area contributed by atoms with Crippen LogP contribution in [0.25, 0.3) is 11.4 Å². The van der Waals surface area contributed by atoms with Crippen molar-refractivity contribution < 1.29 is 4.79 Å². The van der Waals surface area contributed by atoms with Crippen LogP contribution in [0.3, 0.4) is 0 Å². The fraction of sp³-hybridized carbons (Fsp3) is 0.353. The summed E-state index contributed by atoms with van der Waals surface area (Å²) in [5.41, 5.74) is 0.939. The molecule has 134 valence electrons. The van der Waals surface area contributed by atoms with E-state index in [0.29, 0.717) is 30.0 Å². The van der Waals surface area contributed by atoms with Crippen molar-refractivity contribution in [1.82, 2.24) is 29.0 Å². The number of likely N-dealkylation sites (tertiary alicyclic amines) is 1. The highest BCUT2D eigenvalue weighted by Crippen LogP contribution is 2.27. The smallest absolute Gasteiger partial charge is 0.323 e. The zero-order chi connectivity index (χ0) is 17.9. The first kappa shape index (κ1) is 16.6. The van der Waals surface area contributed by atoms with Crippen molar-refractivity contribution in [2.75, 3.05) is 18.4 Å². The second kappa shape index (κ2) is 7.20. The summed E-state index contributed by atoms with van der Waals surface area (Å²) in [6.07, 6.45) is 3.48. The predicted octanol–water partition coefficient (Wildman–Crippen LogP) is 2.75. The van der Waals surface area contributed by atoms with Crippen molar-refractivity contribution in [1.29, 1.82) is 0 Å². The van der Waals surface area contributed by atoms with Crippen LogP contribution in [0.15, 0.2) is 36.7 Å². The Kier molecular flexibility index (Phi) is 4.61. The van der Waals surface area contributed by atoms with E-state index in [0.717, 1.165) is 24.2 Å². The quantitative estimate of drug-likeness (QED) is 0.767. The van der Waals surface area contributed by atoms with E-state index in [4.69, 9.17) is 0 Å². The topological polar surface area (TPSA) is 88.8 Å². The van der Waals surface area contributed by atoms with E-state index in [-0.39, 0.29) is 6.03 Å². The van der Waals surface area contributed by atoms with E-state index in [1.165, 1.54) is 11.5 Å². The molecule has 1 aromatic carbocycles. The van der Waals surface area contributed by atoms with Crippen LogP contribution in [-0.2, 0) is 7.05 Å².